The fraction of sp³-hybridized carbons (Fsp3) is 0.0435. The van der Waals surface area contributed by atoms with Crippen LogP contribution >= 0.6 is 0 Å². The quantitative estimate of drug-likeness (QED) is 0.298. The van der Waals surface area contributed by atoms with Crippen LogP contribution in [0, 0.1) is 10.1 Å². The van der Waals surface area contributed by atoms with Crippen molar-refractivity contribution in [2.75, 3.05) is 5.32 Å². The van der Waals surface area contributed by atoms with E-state index < -0.39 is 16.7 Å². The molecule has 3 aromatic carbocycles. The molecule has 1 aliphatic rings. The summed E-state index contributed by atoms with van der Waals surface area (Å²) in [6.45, 7) is 0. The van der Waals surface area contributed by atoms with Gasteiger partial charge < -0.3 is 10.3 Å². The molecule has 2 N–H and O–H groups in total. The lowest BCUT2D eigenvalue weighted by molar-refractivity contribution is -0.384. The number of amides is 1. The number of carbonyl (C=O) groups is 2. The number of anilines is 1. The van der Waals surface area contributed by atoms with E-state index in [0.717, 1.165) is 5.56 Å². The first-order valence-corrected chi connectivity index (χ1v) is 9.34. The highest BCUT2D eigenvalue weighted by Crippen LogP contribution is 2.41. The zero-order valence-electron chi connectivity index (χ0n) is 15.6. The number of nitrogens with zero attached hydrogens (tertiary/aromatic N) is 1. The molecule has 0 bridgehead atoms. The summed E-state index contributed by atoms with van der Waals surface area (Å²) in [5.74, 6) is -1.79. The topological polar surface area (TPSA) is 105 Å². The second-order valence-corrected chi connectivity index (χ2v) is 7.10. The molecule has 146 valence electrons. The van der Waals surface area contributed by atoms with Crippen LogP contribution in [0.4, 0.5) is 11.4 Å². The molecule has 1 amide bonds. The molecule has 0 saturated heterocycles. The van der Waals surface area contributed by atoms with Crippen molar-refractivity contribution in [1.82, 2.24) is 4.98 Å². The lowest BCUT2D eigenvalue weighted by Crippen LogP contribution is -2.33. The van der Waals surface area contributed by atoms with Gasteiger partial charge in [-0.05, 0) is 23.8 Å². The summed E-state index contributed by atoms with van der Waals surface area (Å²) < 4.78 is 0. The Kier molecular flexibility index (Phi) is 3.96. The van der Waals surface area contributed by atoms with E-state index in [9.17, 15) is 19.7 Å². The smallest absolute Gasteiger partial charge is 0.271 e. The van der Waals surface area contributed by atoms with Crippen LogP contribution in [0.1, 0.15) is 21.8 Å². The first-order valence-electron chi connectivity index (χ1n) is 9.34. The third-order valence-corrected chi connectivity index (χ3v) is 5.36. The maximum Gasteiger partial charge on any atom is 0.271 e. The van der Waals surface area contributed by atoms with Gasteiger partial charge in [0.15, 0.2) is 5.78 Å². The molecule has 4 aromatic rings. The van der Waals surface area contributed by atoms with Crippen molar-refractivity contribution < 1.29 is 14.5 Å². The Hall–Kier alpha value is -4.26. The molecule has 0 fully saturated rings. The molecule has 1 aliphatic heterocycles. The molecule has 0 radical (unpaired) electrons. The van der Waals surface area contributed by atoms with E-state index in [4.69, 9.17) is 0 Å². The molecular weight excluding hydrogens is 382 g/mol. The van der Waals surface area contributed by atoms with Gasteiger partial charge in [0.25, 0.3) is 5.69 Å². The van der Waals surface area contributed by atoms with Crippen LogP contribution in [0.5, 0.6) is 0 Å². The van der Waals surface area contributed by atoms with Gasteiger partial charge in [0.2, 0.25) is 5.91 Å². The van der Waals surface area contributed by atoms with Gasteiger partial charge in [-0.1, -0.05) is 42.5 Å². The summed E-state index contributed by atoms with van der Waals surface area (Å²) in [7, 11) is 0. The highest BCUT2D eigenvalue weighted by Gasteiger charge is 2.38. The normalized spacial score (nSPS) is 15.7. The zero-order valence-corrected chi connectivity index (χ0v) is 15.6. The number of para-hydroxylation sites is 1. The largest absolute Gasteiger partial charge is 0.354 e. The summed E-state index contributed by atoms with van der Waals surface area (Å²) in [4.78, 5) is 40.3. The van der Waals surface area contributed by atoms with Crippen LogP contribution < -0.4 is 5.32 Å². The predicted molar refractivity (Wildman–Crippen MR) is 113 cm³/mol. The van der Waals surface area contributed by atoms with Crippen molar-refractivity contribution in [3.63, 3.8) is 0 Å². The molecule has 0 saturated carbocycles. The number of benzene rings is 3. The lowest BCUT2D eigenvalue weighted by atomic mass is 9.83. The second-order valence-electron chi connectivity index (χ2n) is 7.10. The molecule has 1 unspecified atom stereocenters. The van der Waals surface area contributed by atoms with Gasteiger partial charge in [-0.15, -0.1) is 0 Å². The predicted octanol–water partition coefficient (Wildman–Crippen LogP) is 4.66. The summed E-state index contributed by atoms with van der Waals surface area (Å²) in [6.07, 6.45) is 0. The van der Waals surface area contributed by atoms with E-state index in [2.05, 4.69) is 10.3 Å². The molecule has 30 heavy (non-hydrogen) atoms. The SMILES string of the molecule is O=C1Nc2ccccc2C(=O)C1c1c(-c2ccccc2)[nH]c2cc([N+](=O)[O-])ccc12. The highest BCUT2D eigenvalue weighted by molar-refractivity contribution is 6.26. The number of fused-ring (bicyclic) bond motifs is 2. The minimum absolute atomic E-state index is 0.0697. The number of aromatic nitrogens is 1. The van der Waals surface area contributed by atoms with E-state index >= 15 is 0 Å². The van der Waals surface area contributed by atoms with Gasteiger partial charge >= 0.3 is 0 Å². The molecule has 7 heteroatoms. The van der Waals surface area contributed by atoms with E-state index in [-0.39, 0.29) is 11.5 Å². The van der Waals surface area contributed by atoms with E-state index in [1.807, 2.05) is 30.3 Å². The minimum atomic E-state index is -1.06. The Bertz CT molecular complexity index is 1340. The standard InChI is InChI=1S/C23H15N3O4/c27-22-16-8-4-5-9-17(16)25-23(28)20(22)19-15-11-10-14(26(29)30)12-18(15)24-21(19)13-6-2-1-3-7-13/h1-12,20,24H,(H,25,28). The maximum atomic E-state index is 13.3. The highest BCUT2D eigenvalue weighted by atomic mass is 16.6. The Labute approximate surface area is 170 Å². The number of Topliss-reactive ketones (excluding diaryl/α,β-unsaturated/α-hetero) is 1. The number of nitro groups is 1. The average molecular weight is 397 g/mol. The van der Waals surface area contributed by atoms with Crippen LogP contribution in [0.25, 0.3) is 22.2 Å². The minimum Gasteiger partial charge on any atom is -0.354 e. The van der Waals surface area contributed by atoms with E-state index in [1.165, 1.54) is 12.1 Å². The second kappa shape index (κ2) is 6.66. The van der Waals surface area contributed by atoms with Crippen molar-refractivity contribution >= 4 is 34.0 Å². The number of hydrogen-bond donors (Lipinski definition) is 2. The third-order valence-electron chi connectivity index (χ3n) is 5.36. The van der Waals surface area contributed by atoms with Crippen molar-refractivity contribution in [2.24, 2.45) is 0 Å². The monoisotopic (exact) mass is 397 g/mol. The van der Waals surface area contributed by atoms with Crippen LogP contribution in [-0.2, 0) is 4.79 Å². The van der Waals surface area contributed by atoms with Gasteiger partial charge in [0.1, 0.15) is 5.92 Å². The van der Waals surface area contributed by atoms with Gasteiger partial charge in [0.05, 0.1) is 21.8 Å². The summed E-state index contributed by atoms with van der Waals surface area (Å²) >= 11 is 0. The Morgan fingerprint density at radius 1 is 0.900 bits per heavy atom. The van der Waals surface area contributed by atoms with Crippen molar-refractivity contribution in [2.45, 2.75) is 5.92 Å². The first-order chi connectivity index (χ1) is 14.5. The van der Waals surface area contributed by atoms with Gasteiger partial charge in [-0.2, -0.15) is 0 Å². The number of aromatic amines is 1. The van der Waals surface area contributed by atoms with E-state index in [0.29, 0.717) is 33.4 Å². The first kappa shape index (κ1) is 17.8. The summed E-state index contributed by atoms with van der Waals surface area (Å²) in [5, 5.41) is 14.6. The van der Waals surface area contributed by atoms with Crippen molar-refractivity contribution in [1.29, 1.82) is 0 Å². The molecule has 1 aromatic heterocycles. The fourth-order valence-corrected chi connectivity index (χ4v) is 4.00. The zero-order chi connectivity index (χ0) is 20.8. The lowest BCUT2D eigenvalue weighted by Gasteiger charge is -2.24. The fourth-order valence-electron chi connectivity index (χ4n) is 4.00. The summed E-state index contributed by atoms with van der Waals surface area (Å²) in [5.41, 5.74) is 3.25. The van der Waals surface area contributed by atoms with Crippen LogP contribution in [0.15, 0.2) is 72.8 Å². The van der Waals surface area contributed by atoms with Crippen LogP contribution in [0.2, 0.25) is 0 Å². The summed E-state index contributed by atoms with van der Waals surface area (Å²) in [6, 6.07) is 20.6. The number of rotatable bonds is 3. The Morgan fingerprint density at radius 3 is 2.40 bits per heavy atom. The Balaban J connectivity index is 1.78. The van der Waals surface area contributed by atoms with Gasteiger partial charge in [-0.25, -0.2) is 0 Å². The number of carbonyl (C=O) groups excluding carboxylic acids is 2. The van der Waals surface area contributed by atoms with Crippen LogP contribution in [0.3, 0.4) is 0 Å². The van der Waals surface area contributed by atoms with Gasteiger partial charge in [0, 0.05) is 28.6 Å². The molecule has 0 aliphatic carbocycles. The van der Waals surface area contributed by atoms with Gasteiger partial charge in [-0.3, -0.25) is 19.7 Å². The number of hydrogen-bond acceptors (Lipinski definition) is 4. The third kappa shape index (κ3) is 2.68. The molecule has 7 nitrogen and oxygen atoms in total. The van der Waals surface area contributed by atoms with E-state index in [1.54, 1.807) is 30.3 Å². The average Bonchev–Trinajstić information content (AvgIpc) is 3.13. The molecule has 1 atom stereocenters. The number of ketones is 1. The molecule has 0 spiro atoms. The Morgan fingerprint density at radius 2 is 1.63 bits per heavy atom. The molecular formula is C23H15N3O4. The number of H-pyrrole nitrogens is 1. The number of non-ortho nitro benzene ring substituents is 1. The van der Waals surface area contributed by atoms with Crippen molar-refractivity contribution in [3.8, 4) is 11.3 Å². The number of nitro benzene ring substituents is 1. The van der Waals surface area contributed by atoms with Crippen molar-refractivity contribution in [3.05, 3.63) is 94.0 Å². The molecule has 2 heterocycles. The van der Waals surface area contributed by atoms with Crippen LogP contribution in [-0.4, -0.2) is 21.6 Å². The number of nitrogens with one attached hydrogen (secondary N) is 2. The molecule has 5 rings (SSSR count). The maximum absolute atomic E-state index is 13.3.